The normalized spacial score (nSPS) is 11.2. The molecule has 4 nitrogen and oxygen atoms in total. The minimum Gasteiger partial charge on any atom is -0.245 e. The van der Waals surface area contributed by atoms with E-state index in [1.807, 2.05) is 30.3 Å². The Hall–Kier alpha value is -7.56. The summed E-state index contributed by atoms with van der Waals surface area (Å²) in [4.78, 5) is 20.6. The molecule has 4 heteroatoms. The van der Waals surface area contributed by atoms with Crippen LogP contribution in [0, 0.1) is 0 Å². The molecule has 3 heterocycles. The Kier molecular flexibility index (Phi) is 8.47. The van der Waals surface area contributed by atoms with Crippen LogP contribution < -0.4 is 0 Å². The summed E-state index contributed by atoms with van der Waals surface area (Å²) in [7, 11) is 0. The Balaban J connectivity index is 1.02. The molecule has 0 saturated heterocycles. The van der Waals surface area contributed by atoms with Gasteiger partial charge in [0.25, 0.3) is 0 Å². The van der Waals surface area contributed by atoms with Crippen molar-refractivity contribution in [1.82, 2.24) is 19.9 Å². The fraction of sp³-hybridized carbons (Fsp3) is 0. The van der Waals surface area contributed by atoms with E-state index < -0.39 is 0 Å². The molecule has 3 aromatic heterocycles. The topological polar surface area (TPSA) is 51.6 Å². The number of aromatic nitrogens is 4. The summed E-state index contributed by atoms with van der Waals surface area (Å²) in [5.41, 5.74) is 15.1. The average molecular weight is 715 g/mol. The zero-order valence-electron chi connectivity index (χ0n) is 30.4. The number of hydrogen-bond donors (Lipinski definition) is 0. The molecule has 0 aliphatic carbocycles. The summed E-state index contributed by atoms with van der Waals surface area (Å²) in [5.74, 6) is 0.665. The molecule has 56 heavy (non-hydrogen) atoms. The minimum atomic E-state index is 0.665. The van der Waals surface area contributed by atoms with E-state index in [0.29, 0.717) is 5.82 Å². The lowest BCUT2D eigenvalue weighted by atomic mass is 10.0. The maximum absolute atomic E-state index is 5.18. The molecule has 0 saturated carbocycles. The van der Waals surface area contributed by atoms with Crippen molar-refractivity contribution in [2.45, 2.75) is 0 Å². The van der Waals surface area contributed by atoms with Crippen LogP contribution in [0.15, 0.2) is 206 Å². The van der Waals surface area contributed by atoms with Gasteiger partial charge in [0.15, 0.2) is 5.82 Å². The van der Waals surface area contributed by atoms with Crippen LogP contribution >= 0.6 is 0 Å². The van der Waals surface area contributed by atoms with Gasteiger partial charge in [-0.1, -0.05) is 188 Å². The van der Waals surface area contributed by atoms with Crippen molar-refractivity contribution < 1.29 is 0 Å². The smallest absolute Gasteiger partial charge is 0.160 e. The van der Waals surface area contributed by atoms with Gasteiger partial charge in [-0.2, -0.15) is 0 Å². The maximum atomic E-state index is 5.18. The molecule has 10 rings (SSSR count). The average Bonchev–Trinajstić information content (AvgIpc) is 3.29. The molecule has 0 radical (unpaired) electrons. The SMILES string of the molecule is c1ccc(-c2ccc(-c3cc(-c4ccc(-c5ccccc5)cc4)nc(-c4ccc(-c5ccc6ccc7ccc(-c8ccccc8)nc7c6n5)cc4)n3)cc2)cc1. The number of rotatable bonds is 7. The molecule has 0 amide bonds. The van der Waals surface area contributed by atoms with Gasteiger partial charge in [-0.25, -0.2) is 19.9 Å². The minimum absolute atomic E-state index is 0.665. The lowest BCUT2D eigenvalue weighted by Crippen LogP contribution is -1.96. The monoisotopic (exact) mass is 714 g/mol. The fourth-order valence-corrected chi connectivity index (χ4v) is 7.29. The van der Waals surface area contributed by atoms with Gasteiger partial charge < -0.3 is 0 Å². The van der Waals surface area contributed by atoms with Crippen LogP contribution in [0.25, 0.3) is 100 Å². The third kappa shape index (κ3) is 6.50. The van der Waals surface area contributed by atoms with E-state index in [-0.39, 0.29) is 0 Å². The van der Waals surface area contributed by atoms with E-state index in [1.54, 1.807) is 0 Å². The fourth-order valence-electron chi connectivity index (χ4n) is 7.29. The summed E-state index contributed by atoms with van der Waals surface area (Å²) in [6.45, 7) is 0. The molecule has 0 aliphatic heterocycles. The summed E-state index contributed by atoms with van der Waals surface area (Å²) >= 11 is 0. The first kappa shape index (κ1) is 33.0. The van der Waals surface area contributed by atoms with E-state index in [2.05, 4.69) is 176 Å². The second kappa shape index (κ2) is 14.3. The number of benzene rings is 7. The Morgan fingerprint density at radius 1 is 0.214 bits per heavy atom. The molecule has 0 atom stereocenters. The van der Waals surface area contributed by atoms with Gasteiger partial charge in [-0.3, -0.25) is 0 Å². The Bertz CT molecular complexity index is 2860. The second-order valence-corrected chi connectivity index (χ2v) is 13.9. The standard InChI is InChI=1S/C52H34N4/c1-4-10-35(11-5-1)37-16-20-41(21-17-37)48-34-49(42-22-18-38(19-23-42)36-12-6-2-7-13-36)56-52(55-48)45-28-24-40(25-29-45)47-33-31-44-27-26-43-30-32-46(39-14-8-3-9-15-39)53-50(43)51(44)54-47/h1-34H. The van der Waals surface area contributed by atoms with E-state index >= 15 is 0 Å². The largest absolute Gasteiger partial charge is 0.245 e. The van der Waals surface area contributed by atoms with Crippen LogP contribution in [0.3, 0.4) is 0 Å². The zero-order chi connectivity index (χ0) is 37.3. The molecular weight excluding hydrogens is 681 g/mol. The van der Waals surface area contributed by atoms with Gasteiger partial charge in [0.05, 0.1) is 33.8 Å². The van der Waals surface area contributed by atoms with Crippen LogP contribution in [0.1, 0.15) is 0 Å². The van der Waals surface area contributed by atoms with Crippen LogP contribution in [0.4, 0.5) is 0 Å². The predicted octanol–water partition coefficient (Wildman–Crippen LogP) is 13.2. The summed E-state index contributed by atoms with van der Waals surface area (Å²) < 4.78 is 0. The van der Waals surface area contributed by atoms with Crippen molar-refractivity contribution in [2.24, 2.45) is 0 Å². The first-order chi connectivity index (χ1) is 27.7. The van der Waals surface area contributed by atoms with Crippen LogP contribution in [-0.4, -0.2) is 19.9 Å². The molecule has 0 bridgehead atoms. The molecule has 0 spiro atoms. The summed E-state index contributed by atoms with van der Waals surface area (Å²) in [6, 6.07) is 71.5. The first-order valence-electron chi connectivity index (χ1n) is 18.8. The zero-order valence-corrected chi connectivity index (χ0v) is 30.4. The predicted molar refractivity (Wildman–Crippen MR) is 231 cm³/mol. The highest BCUT2D eigenvalue weighted by Gasteiger charge is 2.14. The molecular formula is C52H34N4. The molecule has 10 aromatic rings. The molecule has 262 valence electrons. The van der Waals surface area contributed by atoms with Crippen molar-refractivity contribution in [3.05, 3.63) is 206 Å². The lowest BCUT2D eigenvalue weighted by molar-refractivity contribution is 1.18. The molecule has 0 unspecified atom stereocenters. The van der Waals surface area contributed by atoms with E-state index in [1.165, 1.54) is 22.3 Å². The van der Waals surface area contributed by atoms with Crippen LogP contribution in [0.5, 0.6) is 0 Å². The number of fused-ring (bicyclic) bond motifs is 3. The van der Waals surface area contributed by atoms with Gasteiger partial charge in [0, 0.05) is 38.6 Å². The second-order valence-electron chi connectivity index (χ2n) is 13.9. The van der Waals surface area contributed by atoms with E-state index in [0.717, 1.165) is 72.4 Å². The highest BCUT2D eigenvalue weighted by Crippen LogP contribution is 2.33. The van der Waals surface area contributed by atoms with Crippen molar-refractivity contribution in [1.29, 1.82) is 0 Å². The van der Waals surface area contributed by atoms with Gasteiger partial charge >= 0.3 is 0 Å². The third-order valence-corrected chi connectivity index (χ3v) is 10.3. The van der Waals surface area contributed by atoms with Crippen LogP contribution in [0.2, 0.25) is 0 Å². The van der Waals surface area contributed by atoms with Crippen molar-refractivity contribution >= 4 is 21.8 Å². The van der Waals surface area contributed by atoms with Gasteiger partial charge in [0.2, 0.25) is 0 Å². The summed E-state index contributed by atoms with van der Waals surface area (Å²) in [6.07, 6.45) is 0. The number of pyridine rings is 2. The highest BCUT2D eigenvalue weighted by molar-refractivity contribution is 6.04. The molecule has 7 aromatic carbocycles. The Morgan fingerprint density at radius 3 is 0.946 bits per heavy atom. The van der Waals surface area contributed by atoms with Gasteiger partial charge in [-0.15, -0.1) is 0 Å². The first-order valence-corrected chi connectivity index (χ1v) is 18.8. The highest BCUT2D eigenvalue weighted by atomic mass is 14.9. The maximum Gasteiger partial charge on any atom is 0.160 e. The van der Waals surface area contributed by atoms with Gasteiger partial charge in [-0.05, 0) is 40.5 Å². The molecule has 0 aliphatic rings. The quantitative estimate of drug-likeness (QED) is 0.154. The van der Waals surface area contributed by atoms with Crippen molar-refractivity contribution in [3.8, 4) is 78.7 Å². The summed E-state index contributed by atoms with van der Waals surface area (Å²) in [5, 5.41) is 2.12. The van der Waals surface area contributed by atoms with Gasteiger partial charge in [0.1, 0.15) is 0 Å². The van der Waals surface area contributed by atoms with E-state index in [4.69, 9.17) is 19.9 Å². The Labute approximate surface area is 325 Å². The van der Waals surface area contributed by atoms with Crippen molar-refractivity contribution in [2.75, 3.05) is 0 Å². The molecule has 0 N–H and O–H groups in total. The van der Waals surface area contributed by atoms with Crippen molar-refractivity contribution in [3.63, 3.8) is 0 Å². The Morgan fingerprint density at radius 2 is 0.518 bits per heavy atom. The molecule has 0 fully saturated rings. The number of hydrogen-bond acceptors (Lipinski definition) is 4. The van der Waals surface area contributed by atoms with E-state index in [9.17, 15) is 0 Å². The van der Waals surface area contributed by atoms with Crippen LogP contribution in [-0.2, 0) is 0 Å². The number of nitrogens with zero attached hydrogens (tertiary/aromatic N) is 4. The third-order valence-electron chi connectivity index (χ3n) is 10.3. The lowest BCUT2D eigenvalue weighted by Gasteiger charge is -2.11.